The largest absolute Gasteiger partial charge is 0.496 e. The van der Waals surface area contributed by atoms with Gasteiger partial charge < -0.3 is 19.2 Å². The van der Waals surface area contributed by atoms with Crippen molar-refractivity contribution in [1.29, 1.82) is 0 Å². The zero-order valence-corrected chi connectivity index (χ0v) is 18.2. The van der Waals surface area contributed by atoms with E-state index in [0.29, 0.717) is 23.6 Å². The number of rotatable bonds is 7. The van der Waals surface area contributed by atoms with Crippen LogP contribution in [0, 0.1) is 0 Å². The van der Waals surface area contributed by atoms with Crippen molar-refractivity contribution < 1.29 is 18.7 Å². The number of pyridine rings is 1. The van der Waals surface area contributed by atoms with E-state index in [1.807, 2.05) is 50.2 Å². The number of hydrogen-bond acceptors (Lipinski definition) is 5. The minimum atomic E-state index is -0.241. The highest BCUT2D eigenvalue weighted by Gasteiger charge is 2.17. The van der Waals surface area contributed by atoms with E-state index in [1.165, 1.54) is 0 Å². The van der Waals surface area contributed by atoms with Gasteiger partial charge in [-0.2, -0.15) is 0 Å². The number of benzene rings is 2. The molecule has 4 aromatic rings. The van der Waals surface area contributed by atoms with E-state index in [9.17, 15) is 4.79 Å². The number of hydrogen-bond donors (Lipinski definition) is 1. The monoisotopic (exact) mass is 428 g/mol. The number of amides is 1. The normalized spacial score (nSPS) is 11.4. The average molecular weight is 428 g/mol. The molecule has 32 heavy (non-hydrogen) atoms. The standard InChI is InChI=1S/C26H24N2O4/c1-4-31-24-14-25-21(22(16-32-25)19-9-5-6-10-23(19)30-3)13-20(24)17(2)12-26(29)28-18-8-7-11-27-15-18/h5-16H,4H2,1-3H3,(H,28,29)/b17-12+. The summed E-state index contributed by atoms with van der Waals surface area (Å²) in [4.78, 5) is 16.6. The zero-order valence-electron chi connectivity index (χ0n) is 18.2. The Hall–Kier alpha value is -4.06. The first-order valence-corrected chi connectivity index (χ1v) is 10.3. The summed E-state index contributed by atoms with van der Waals surface area (Å²) in [5.41, 5.74) is 4.76. The molecule has 0 atom stereocenters. The second-order valence-corrected chi connectivity index (χ2v) is 7.19. The molecule has 6 nitrogen and oxygen atoms in total. The Morgan fingerprint density at radius 1 is 1.12 bits per heavy atom. The molecule has 162 valence electrons. The Morgan fingerprint density at radius 2 is 1.97 bits per heavy atom. The van der Waals surface area contributed by atoms with Gasteiger partial charge in [-0.15, -0.1) is 0 Å². The highest BCUT2D eigenvalue weighted by Crippen LogP contribution is 2.40. The molecule has 0 aliphatic heterocycles. The fourth-order valence-electron chi connectivity index (χ4n) is 3.60. The van der Waals surface area contributed by atoms with Crippen LogP contribution in [0.3, 0.4) is 0 Å². The third-order valence-electron chi connectivity index (χ3n) is 5.07. The topological polar surface area (TPSA) is 73.6 Å². The van der Waals surface area contributed by atoms with Crippen LogP contribution in [0.2, 0.25) is 0 Å². The quantitative estimate of drug-likeness (QED) is 0.369. The maximum atomic E-state index is 12.6. The molecule has 0 unspecified atom stereocenters. The Kier molecular flexibility index (Phi) is 6.22. The van der Waals surface area contributed by atoms with E-state index >= 15 is 0 Å². The predicted molar refractivity (Wildman–Crippen MR) is 126 cm³/mol. The number of carbonyl (C=O) groups excluding carboxylic acids is 1. The van der Waals surface area contributed by atoms with Crippen molar-refractivity contribution in [3.8, 4) is 22.6 Å². The van der Waals surface area contributed by atoms with E-state index in [0.717, 1.165) is 33.4 Å². The first kappa shape index (κ1) is 21.2. The molecule has 1 amide bonds. The van der Waals surface area contributed by atoms with Crippen LogP contribution in [0.4, 0.5) is 5.69 Å². The van der Waals surface area contributed by atoms with Gasteiger partial charge in [0.05, 0.1) is 31.9 Å². The smallest absolute Gasteiger partial charge is 0.248 e. The first-order valence-electron chi connectivity index (χ1n) is 10.3. The van der Waals surface area contributed by atoms with Gasteiger partial charge in [-0.3, -0.25) is 9.78 Å². The van der Waals surface area contributed by atoms with E-state index in [1.54, 1.807) is 44.0 Å². The molecular weight excluding hydrogens is 404 g/mol. The first-order chi connectivity index (χ1) is 15.6. The van der Waals surface area contributed by atoms with Crippen molar-refractivity contribution in [2.45, 2.75) is 13.8 Å². The lowest BCUT2D eigenvalue weighted by atomic mass is 9.98. The molecule has 2 aromatic heterocycles. The molecule has 4 rings (SSSR count). The number of allylic oxidation sites excluding steroid dienone is 1. The van der Waals surface area contributed by atoms with Crippen LogP contribution in [-0.2, 0) is 4.79 Å². The Bertz CT molecular complexity index is 1280. The lowest BCUT2D eigenvalue weighted by Crippen LogP contribution is -2.08. The lowest BCUT2D eigenvalue weighted by Gasteiger charge is -2.12. The maximum Gasteiger partial charge on any atom is 0.248 e. The molecule has 0 bridgehead atoms. The van der Waals surface area contributed by atoms with E-state index < -0.39 is 0 Å². The number of carbonyl (C=O) groups is 1. The number of para-hydroxylation sites is 1. The zero-order chi connectivity index (χ0) is 22.5. The van der Waals surface area contributed by atoms with Crippen molar-refractivity contribution >= 4 is 28.1 Å². The summed E-state index contributed by atoms with van der Waals surface area (Å²) in [7, 11) is 1.65. The molecular formula is C26H24N2O4. The number of anilines is 1. The Morgan fingerprint density at radius 3 is 2.72 bits per heavy atom. The van der Waals surface area contributed by atoms with Gasteiger partial charge in [0.15, 0.2) is 0 Å². The molecule has 2 aromatic carbocycles. The molecule has 0 aliphatic rings. The SMILES string of the molecule is CCOc1cc2occ(-c3ccccc3OC)c2cc1/C(C)=C/C(=O)Nc1cccnc1. The summed E-state index contributed by atoms with van der Waals surface area (Å²) in [6, 6.07) is 15.2. The summed E-state index contributed by atoms with van der Waals surface area (Å²) in [5.74, 6) is 1.17. The van der Waals surface area contributed by atoms with Crippen LogP contribution in [0.1, 0.15) is 19.4 Å². The lowest BCUT2D eigenvalue weighted by molar-refractivity contribution is -0.111. The van der Waals surface area contributed by atoms with Gasteiger partial charge >= 0.3 is 0 Å². The number of nitrogens with one attached hydrogen (secondary N) is 1. The molecule has 0 fully saturated rings. The highest BCUT2D eigenvalue weighted by atomic mass is 16.5. The highest BCUT2D eigenvalue weighted by molar-refractivity contribution is 6.05. The van der Waals surface area contributed by atoms with Crippen LogP contribution in [-0.4, -0.2) is 24.6 Å². The number of furan rings is 1. The Labute approximate surface area is 186 Å². The van der Waals surface area contributed by atoms with Crippen molar-refractivity contribution in [2.75, 3.05) is 19.0 Å². The van der Waals surface area contributed by atoms with Gasteiger partial charge in [0.25, 0.3) is 0 Å². The minimum Gasteiger partial charge on any atom is -0.496 e. The third kappa shape index (κ3) is 4.34. The number of aromatic nitrogens is 1. The minimum absolute atomic E-state index is 0.241. The molecule has 0 radical (unpaired) electrons. The van der Waals surface area contributed by atoms with E-state index in [2.05, 4.69) is 10.3 Å². The molecule has 0 aliphatic carbocycles. The second kappa shape index (κ2) is 9.39. The van der Waals surface area contributed by atoms with E-state index in [4.69, 9.17) is 13.9 Å². The van der Waals surface area contributed by atoms with Crippen LogP contribution in [0.5, 0.6) is 11.5 Å². The molecule has 6 heteroatoms. The predicted octanol–water partition coefficient (Wildman–Crippen LogP) is 5.94. The number of nitrogens with zero attached hydrogens (tertiary/aromatic N) is 1. The molecule has 0 spiro atoms. The second-order valence-electron chi connectivity index (χ2n) is 7.19. The van der Waals surface area contributed by atoms with Crippen molar-refractivity contribution in [2.24, 2.45) is 0 Å². The van der Waals surface area contributed by atoms with Crippen LogP contribution < -0.4 is 14.8 Å². The summed E-state index contributed by atoms with van der Waals surface area (Å²) >= 11 is 0. The third-order valence-corrected chi connectivity index (χ3v) is 5.07. The molecule has 2 heterocycles. The summed E-state index contributed by atoms with van der Waals surface area (Å²) in [6.45, 7) is 4.30. The van der Waals surface area contributed by atoms with Gasteiger partial charge in [-0.25, -0.2) is 0 Å². The van der Waals surface area contributed by atoms with Crippen molar-refractivity contribution in [3.63, 3.8) is 0 Å². The number of methoxy groups -OCH3 is 1. The number of fused-ring (bicyclic) bond motifs is 1. The summed E-state index contributed by atoms with van der Waals surface area (Å²) in [6.07, 6.45) is 6.53. The van der Waals surface area contributed by atoms with Crippen LogP contribution in [0.25, 0.3) is 27.7 Å². The maximum absolute atomic E-state index is 12.6. The van der Waals surface area contributed by atoms with Crippen molar-refractivity contribution in [3.05, 3.63) is 78.8 Å². The summed E-state index contributed by atoms with van der Waals surface area (Å²) in [5, 5.41) is 3.74. The fraction of sp³-hybridized carbons (Fsp3) is 0.154. The summed E-state index contributed by atoms with van der Waals surface area (Å²) < 4.78 is 17.2. The van der Waals surface area contributed by atoms with Gasteiger partial charge in [0.1, 0.15) is 17.1 Å². The molecule has 0 saturated heterocycles. The van der Waals surface area contributed by atoms with Gasteiger partial charge in [0, 0.05) is 40.4 Å². The number of ether oxygens (including phenoxy) is 2. The average Bonchev–Trinajstić information content (AvgIpc) is 3.22. The fourth-order valence-corrected chi connectivity index (χ4v) is 3.60. The molecule has 0 saturated carbocycles. The van der Waals surface area contributed by atoms with Crippen LogP contribution >= 0.6 is 0 Å². The van der Waals surface area contributed by atoms with E-state index in [-0.39, 0.29) is 5.91 Å². The van der Waals surface area contributed by atoms with Gasteiger partial charge in [0.2, 0.25) is 5.91 Å². The molecule has 1 N–H and O–H groups in total. The van der Waals surface area contributed by atoms with Gasteiger partial charge in [-0.05, 0) is 43.7 Å². The Balaban J connectivity index is 1.77. The van der Waals surface area contributed by atoms with Crippen molar-refractivity contribution in [1.82, 2.24) is 4.98 Å². The van der Waals surface area contributed by atoms with Crippen LogP contribution in [0.15, 0.2) is 77.7 Å². The van der Waals surface area contributed by atoms with Gasteiger partial charge in [-0.1, -0.05) is 18.2 Å².